The van der Waals surface area contributed by atoms with Gasteiger partial charge in [0.2, 0.25) is 0 Å². The summed E-state index contributed by atoms with van der Waals surface area (Å²) in [6, 6.07) is 0. The van der Waals surface area contributed by atoms with Gasteiger partial charge in [0.25, 0.3) is 6.10 Å². The zero-order chi connectivity index (χ0) is 23.2. The zero-order valence-electron chi connectivity index (χ0n) is 16.3. The van der Waals surface area contributed by atoms with Crippen LogP contribution in [-0.2, 0) is 29.2 Å². The number of carbonyl (C=O) groups excluding carboxylic acids is 2. The molecule has 3 aliphatic rings. The van der Waals surface area contributed by atoms with E-state index in [0.29, 0.717) is 32.1 Å². The monoisotopic (exact) mass is 478 g/mol. The summed E-state index contributed by atoms with van der Waals surface area (Å²) in [5.41, 5.74) is 0. The fraction of sp³-hybridized carbons (Fsp3) is 0.889. The minimum atomic E-state index is -6.54. The van der Waals surface area contributed by atoms with Crippen LogP contribution < -0.4 is 0 Å². The molecule has 3 rings (SSSR count). The van der Waals surface area contributed by atoms with Gasteiger partial charge in [-0.15, -0.1) is 0 Å². The van der Waals surface area contributed by atoms with Gasteiger partial charge in [0, 0.05) is 0 Å². The molecule has 0 heterocycles. The molecule has 178 valence electrons. The van der Waals surface area contributed by atoms with Crippen molar-refractivity contribution in [2.75, 3.05) is 0 Å². The van der Waals surface area contributed by atoms with Crippen molar-refractivity contribution in [3.05, 3.63) is 0 Å². The first-order chi connectivity index (χ1) is 14.2. The standard InChI is InChI=1S/C18H23F5O7S/c19-17(20,21)16(18(22,23)31(26,27)28)30-15(25)13-10-7-6-9(8-10)12(13)14(24)29-11-4-2-1-3-5-11/h9-13,16H,1-8H2,(H,26,27,28). The van der Waals surface area contributed by atoms with E-state index in [1.807, 2.05) is 0 Å². The molecule has 0 aliphatic heterocycles. The van der Waals surface area contributed by atoms with Crippen molar-refractivity contribution in [3.8, 4) is 0 Å². The molecule has 3 fully saturated rings. The maximum atomic E-state index is 13.8. The molecular weight excluding hydrogens is 455 g/mol. The van der Waals surface area contributed by atoms with Crippen molar-refractivity contribution in [2.45, 2.75) is 75.0 Å². The Morgan fingerprint density at radius 2 is 1.39 bits per heavy atom. The predicted molar refractivity (Wildman–Crippen MR) is 93.2 cm³/mol. The Morgan fingerprint density at radius 1 is 0.871 bits per heavy atom. The Kier molecular flexibility index (Phi) is 6.58. The molecule has 0 aromatic rings. The van der Waals surface area contributed by atoms with Gasteiger partial charge in [0.1, 0.15) is 6.10 Å². The lowest BCUT2D eigenvalue weighted by atomic mass is 9.79. The fourth-order valence-corrected chi connectivity index (χ4v) is 5.50. The molecule has 3 saturated carbocycles. The summed E-state index contributed by atoms with van der Waals surface area (Å²) in [5, 5.41) is -5.81. The quantitative estimate of drug-likeness (QED) is 0.354. The van der Waals surface area contributed by atoms with E-state index in [2.05, 4.69) is 4.74 Å². The maximum Gasteiger partial charge on any atom is 0.432 e. The number of ether oxygens (including phenoxy) is 2. The number of fused-ring (bicyclic) bond motifs is 2. The molecule has 5 unspecified atom stereocenters. The first-order valence-electron chi connectivity index (χ1n) is 10.1. The van der Waals surface area contributed by atoms with Gasteiger partial charge < -0.3 is 9.47 Å². The first-order valence-corrected chi connectivity index (χ1v) is 11.5. The Hall–Kier alpha value is -1.50. The van der Waals surface area contributed by atoms with Gasteiger partial charge in [0.05, 0.1) is 11.8 Å². The number of hydrogen-bond donors (Lipinski definition) is 1. The molecule has 0 amide bonds. The van der Waals surface area contributed by atoms with Crippen LogP contribution in [0.1, 0.15) is 51.4 Å². The summed E-state index contributed by atoms with van der Waals surface area (Å²) < 4.78 is 106. The molecule has 7 nitrogen and oxygen atoms in total. The number of esters is 2. The van der Waals surface area contributed by atoms with Crippen molar-refractivity contribution in [3.63, 3.8) is 0 Å². The van der Waals surface area contributed by atoms with E-state index in [9.17, 15) is 40.0 Å². The summed E-state index contributed by atoms with van der Waals surface area (Å²) in [7, 11) is -6.54. The molecule has 31 heavy (non-hydrogen) atoms. The number of alkyl halides is 5. The van der Waals surface area contributed by atoms with Gasteiger partial charge in [0.15, 0.2) is 0 Å². The highest BCUT2D eigenvalue weighted by molar-refractivity contribution is 7.86. The molecule has 0 aromatic heterocycles. The second-order valence-electron chi connectivity index (χ2n) is 8.48. The number of halogens is 5. The Labute approximate surface area is 175 Å². The Morgan fingerprint density at radius 3 is 1.87 bits per heavy atom. The number of carbonyl (C=O) groups is 2. The normalized spacial score (nSPS) is 30.8. The van der Waals surface area contributed by atoms with E-state index < -0.39 is 57.3 Å². The lowest BCUT2D eigenvalue weighted by Crippen LogP contribution is -2.53. The van der Waals surface area contributed by atoms with Crippen LogP contribution in [0.3, 0.4) is 0 Å². The molecule has 0 aromatic carbocycles. The average molecular weight is 478 g/mol. The van der Waals surface area contributed by atoms with Gasteiger partial charge in [-0.2, -0.15) is 30.4 Å². The van der Waals surface area contributed by atoms with Crippen molar-refractivity contribution in [2.24, 2.45) is 23.7 Å². The third kappa shape index (κ3) is 4.81. The summed E-state index contributed by atoms with van der Waals surface area (Å²) in [6.45, 7) is 0. The van der Waals surface area contributed by atoms with E-state index in [1.165, 1.54) is 0 Å². The van der Waals surface area contributed by atoms with Crippen LogP contribution >= 0.6 is 0 Å². The topological polar surface area (TPSA) is 107 Å². The summed E-state index contributed by atoms with van der Waals surface area (Å²) in [4.78, 5) is 25.3. The predicted octanol–water partition coefficient (Wildman–Crippen LogP) is 3.48. The molecule has 3 aliphatic carbocycles. The van der Waals surface area contributed by atoms with E-state index >= 15 is 0 Å². The van der Waals surface area contributed by atoms with Crippen LogP contribution in [0.2, 0.25) is 0 Å². The zero-order valence-corrected chi connectivity index (χ0v) is 17.1. The Bertz CT molecular complexity index is 807. The third-order valence-electron chi connectivity index (χ3n) is 6.48. The largest absolute Gasteiger partial charge is 0.462 e. The maximum absolute atomic E-state index is 13.8. The molecule has 0 spiro atoms. The third-order valence-corrected chi connectivity index (χ3v) is 7.38. The Balaban J connectivity index is 1.80. The van der Waals surface area contributed by atoms with Crippen LogP contribution in [0.25, 0.3) is 0 Å². The lowest BCUT2D eigenvalue weighted by Gasteiger charge is -2.32. The van der Waals surface area contributed by atoms with E-state index in [4.69, 9.17) is 9.29 Å². The molecule has 0 radical (unpaired) electrons. The summed E-state index contributed by atoms with van der Waals surface area (Å²) >= 11 is 0. The molecule has 5 atom stereocenters. The van der Waals surface area contributed by atoms with E-state index in [-0.39, 0.29) is 12.0 Å². The molecule has 1 N–H and O–H groups in total. The minimum absolute atomic E-state index is 0.329. The highest BCUT2D eigenvalue weighted by atomic mass is 32.2. The lowest BCUT2D eigenvalue weighted by molar-refractivity contribution is -0.261. The summed E-state index contributed by atoms with van der Waals surface area (Å²) in [5.74, 6) is -6.02. The SMILES string of the molecule is O=C(OC1CCCCC1)C1C2CCC(C2)C1C(=O)OC(C(F)(F)F)C(F)(F)S(=O)(=O)O. The second-order valence-corrected chi connectivity index (χ2v) is 9.97. The minimum Gasteiger partial charge on any atom is -0.462 e. The van der Waals surface area contributed by atoms with Gasteiger partial charge in [-0.05, 0) is 56.8 Å². The van der Waals surface area contributed by atoms with Crippen LogP contribution in [0.4, 0.5) is 22.0 Å². The van der Waals surface area contributed by atoms with Crippen LogP contribution in [0.5, 0.6) is 0 Å². The average Bonchev–Trinajstić information content (AvgIpc) is 3.26. The van der Waals surface area contributed by atoms with E-state index in [1.54, 1.807) is 0 Å². The van der Waals surface area contributed by atoms with Crippen molar-refractivity contribution in [1.82, 2.24) is 0 Å². The van der Waals surface area contributed by atoms with Gasteiger partial charge in [-0.3, -0.25) is 14.1 Å². The molecular formula is C18H23F5O7S. The number of hydrogen-bond acceptors (Lipinski definition) is 6. The van der Waals surface area contributed by atoms with Crippen LogP contribution in [-0.4, -0.2) is 48.5 Å². The van der Waals surface area contributed by atoms with Crippen molar-refractivity contribution >= 4 is 22.1 Å². The highest BCUT2D eigenvalue weighted by Crippen LogP contribution is 2.54. The highest BCUT2D eigenvalue weighted by Gasteiger charge is 2.67. The van der Waals surface area contributed by atoms with Gasteiger partial charge in [-0.1, -0.05) is 6.42 Å². The molecule has 0 saturated heterocycles. The summed E-state index contributed by atoms with van der Waals surface area (Å²) in [6.07, 6.45) is -5.59. The second kappa shape index (κ2) is 8.45. The van der Waals surface area contributed by atoms with Gasteiger partial charge >= 0.3 is 33.5 Å². The van der Waals surface area contributed by atoms with Gasteiger partial charge in [-0.25, -0.2) is 0 Å². The fourth-order valence-electron chi connectivity index (χ4n) is 5.05. The van der Waals surface area contributed by atoms with Crippen molar-refractivity contribution in [1.29, 1.82) is 0 Å². The van der Waals surface area contributed by atoms with Crippen molar-refractivity contribution < 1.29 is 54.0 Å². The molecule has 2 bridgehead atoms. The smallest absolute Gasteiger partial charge is 0.432 e. The molecule has 13 heteroatoms. The van der Waals surface area contributed by atoms with E-state index in [0.717, 1.165) is 19.3 Å². The first kappa shape index (κ1) is 24.1. The number of rotatable bonds is 6. The van der Waals surface area contributed by atoms with Crippen LogP contribution in [0, 0.1) is 23.7 Å². The van der Waals surface area contributed by atoms with Crippen LogP contribution in [0.15, 0.2) is 0 Å².